The van der Waals surface area contributed by atoms with Gasteiger partial charge in [-0.05, 0) is 25.0 Å². The van der Waals surface area contributed by atoms with Crippen molar-refractivity contribution in [1.29, 1.82) is 0 Å². The molecule has 0 unspecified atom stereocenters. The molecule has 0 spiro atoms. The molecule has 1 aromatic rings. The second-order valence-corrected chi connectivity index (χ2v) is 5.92. The fourth-order valence-electron chi connectivity index (χ4n) is 2.75. The van der Waals surface area contributed by atoms with E-state index in [-0.39, 0.29) is 5.91 Å². The molecule has 6 nitrogen and oxygen atoms in total. The third-order valence-electron chi connectivity index (χ3n) is 4.00. The zero-order valence-electron chi connectivity index (χ0n) is 13.6. The summed E-state index contributed by atoms with van der Waals surface area (Å²) in [5, 5.41) is 6.12. The zero-order chi connectivity index (χ0) is 16.3. The number of guanidine groups is 1. The first-order valence-electron chi connectivity index (χ1n) is 8.47. The predicted molar refractivity (Wildman–Crippen MR) is 92.1 cm³/mol. The first-order chi connectivity index (χ1) is 11.2. The van der Waals surface area contributed by atoms with E-state index in [0.717, 1.165) is 25.0 Å². The van der Waals surface area contributed by atoms with Gasteiger partial charge >= 0.3 is 0 Å². The van der Waals surface area contributed by atoms with Gasteiger partial charge in [0.15, 0.2) is 5.96 Å². The summed E-state index contributed by atoms with van der Waals surface area (Å²) in [6.45, 7) is 1.10. The molecule has 1 saturated carbocycles. The van der Waals surface area contributed by atoms with Gasteiger partial charge in [0.05, 0.1) is 6.54 Å². The molecule has 1 aliphatic rings. The Morgan fingerprint density at radius 3 is 2.87 bits per heavy atom. The number of rotatable bonds is 7. The molecule has 4 N–H and O–H groups in total. The number of aliphatic imine (C=N–C) groups is 1. The standard InChI is InChI=1S/C17H27N5O/c18-17(20-12-9-14-6-4-5-11-19-14)21-13-10-16(23)22-15-7-2-1-3-8-15/h4-6,11,15H,1-3,7-10,12-13H2,(H,22,23)(H3,18,20,21). The van der Waals surface area contributed by atoms with Crippen LogP contribution in [0.3, 0.4) is 0 Å². The molecule has 2 rings (SSSR count). The first-order valence-corrected chi connectivity index (χ1v) is 8.47. The molecule has 1 aliphatic carbocycles. The topological polar surface area (TPSA) is 92.4 Å². The summed E-state index contributed by atoms with van der Waals surface area (Å²) >= 11 is 0. The predicted octanol–water partition coefficient (Wildman–Crippen LogP) is 1.37. The molecule has 0 saturated heterocycles. The lowest BCUT2D eigenvalue weighted by molar-refractivity contribution is -0.121. The van der Waals surface area contributed by atoms with Crippen LogP contribution in [-0.4, -0.2) is 36.0 Å². The quantitative estimate of drug-likeness (QED) is 0.523. The summed E-state index contributed by atoms with van der Waals surface area (Å²) < 4.78 is 0. The number of carbonyl (C=O) groups excluding carboxylic acids is 1. The number of carbonyl (C=O) groups is 1. The Morgan fingerprint density at radius 2 is 2.13 bits per heavy atom. The third kappa shape index (κ3) is 7.13. The van der Waals surface area contributed by atoms with E-state index >= 15 is 0 Å². The number of hydrogen-bond acceptors (Lipinski definition) is 3. The number of pyridine rings is 1. The summed E-state index contributed by atoms with van der Waals surface area (Å²) in [5.41, 5.74) is 6.81. The van der Waals surface area contributed by atoms with Crippen LogP contribution in [-0.2, 0) is 11.2 Å². The van der Waals surface area contributed by atoms with E-state index in [1.54, 1.807) is 6.20 Å². The summed E-state index contributed by atoms with van der Waals surface area (Å²) in [6.07, 6.45) is 8.89. The Bertz CT molecular complexity index is 497. The highest BCUT2D eigenvalue weighted by atomic mass is 16.1. The number of aromatic nitrogens is 1. The third-order valence-corrected chi connectivity index (χ3v) is 4.00. The van der Waals surface area contributed by atoms with Gasteiger partial charge in [-0.15, -0.1) is 0 Å². The number of nitrogens with two attached hydrogens (primary N) is 1. The van der Waals surface area contributed by atoms with Crippen LogP contribution in [0.1, 0.15) is 44.2 Å². The van der Waals surface area contributed by atoms with E-state index < -0.39 is 0 Å². The Labute approximate surface area is 138 Å². The summed E-state index contributed by atoms with van der Waals surface area (Å²) in [7, 11) is 0. The Kier molecular flexibility index (Phi) is 7.36. The molecule has 1 heterocycles. The molecule has 126 valence electrons. The van der Waals surface area contributed by atoms with Gasteiger partial charge in [0, 0.05) is 37.3 Å². The SMILES string of the molecule is NC(=NCCC(=O)NC1CCCCC1)NCCc1ccccn1. The van der Waals surface area contributed by atoms with Gasteiger partial charge in [0.2, 0.25) is 5.91 Å². The minimum absolute atomic E-state index is 0.0712. The van der Waals surface area contributed by atoms with Crippen LogP contribution < -0.4 is 16.4 Å². The van der Waals surface area contributed by atoms with Gasteiger partial charge in [-0.2, -0.15) is 0 Å². The molecule has 0 aliphatic heterocycles. The molecule has 0 bridgehead atoms. The minimum atomic E-state index is 0.0712. The fourth-order valence-corrected chi connectivity index (χ4v) is 2.75. The van der Waals surface area contributed by atoms with Crippen molar-refractivity contribution in [2.24, 2.45) is 10.7 Å². The highest BCUT2D eigenvalue weighted by molar-refractivity contribution is 5.79. The molecule has 1 fully saturated rings. The minimum Gasteiger partial charge on any atom is -0.370 e. The van der Waals surface area contributed by atoms with Crippen molar-refractivity contribution >= 4 is 11.9 Å². The maximum absolute atomic E-state index is 11.8. The number of hydrogen-bond donors (Lipinski definition) is 3. The zero-order valence-corrected chi connectivity index (χ0v) is 13.6. The molecular weight excluding hydrogens is 290 g/mol. The molecule has 6 heteroatoms. The van der Waals surface area contributed by atoms with E-state index in [0.29, 0.717) is 31.5 Å². The van der Waals surface area contributed by atoms with Gasteiger partial charge in [-0.3, -0.25) is 14.8 Å². The lowest BCUT2D eigenvalue weighted by Gasteiger charge is -2.22. The van der Waals surface area contributed by atoms with E-state index in [4.69, 9.17) is 5.73 Å². The lowest BCUT2D eigenvalue weighted by Crippen LogP contribution is -2.37. The van der Waals surface area contributed by atoms with Gasteiger partial charge in [-0.1, -0.05) is 25.3 Å². The van der Waals surface area contributed by atoms with Crippen molar-refractivity contribution in [2.75, 3.05) is 13.1 Å². The normalized spacial score (nSPS) is 16.1. The second-order valence-electron chi connectivity index (χ2n) is 5.92. The van der Waals surface area contributed by atoms with Crippen LogP contribution in [0.15, 0.2) is 29.4 Å². The van der Waals surface area contributed by atoms with Crippen LogP contribution in [0, 0.1) is 0 Å². The van der Waals surface area contributed by atoms with E-state index in [9.17, 15) is 4.79 Å². The van der Waals surface area contributed by atoms with E-state index in [2.05, 4.69) is 20.6 Å². The Morgan fingerprint density at radius 1 is 1.30 bits per heavy atom. The smallest absolute Gasteiger partial charge is 0.222 e. The maximum Gasteiger partial charge on any atom is 0.222 e. The lowest BCUT2D eigenvalue weighted by atomic mass is 9.95. The number of nitrogens with one attached hydrogen (secondary N) is 2. The summed E-state index contributed by atoms with van der Waals surface area (Å²) in [5.74, 6) is 0.452. The van der Waals surface area contributed by atoms with Crippen LogP contribution in [0.25, 0.3) is 0 Å². The maximum atomic E-state index is 11.8. The molecule has 1 amide bonds. The highest BCUT2D eigenvalue weighted by Gasteiger charge is 2.15. The molecule has 0 aromatic carbocycles. The summed E-state index contributed by atoms with van der Waals surface area (Å²) in [6, 6.07) is 6.19. The number of amides is 1. The van der Waals surface area contributed by atoms with Crippen LogP contribution in [0.2, 0.25) is 0 Å². The van der Waals surface area contributed by atoms with Crippen molar-refractivity contribution in [1.82, 2.24) is 15.6 Å². The van der Waals surface area contributed by atoms with Gasteiger partial charge in [0.1, 0.15) is 0 Å². The van der Waals surface area contributed by atoms with E-state index in [1.165, 1.54) is 19.3 Å². The fraction of sp³-hybridized carbons (Fsp3) is 0.588. The van der Waals surface area contributed by atoms with Crippen molar-refractivity contribution in [3.63, 3.8) is 0 Å². The van der Waals surface area contributed by atoms with E-state index in [1.807, 2.05) is 18.2 Å². The van der Waals surface area contributed by atoms with Crippen LogP contribution in [0.4, 0.5) is 0 Å². The monoisotopic (exact) mass is 317 g/mol. The summed E-state index contributed by atoms with van der Waals surface area (Å²) in [4.78, 5) is 20.3. The molecule has 0 radical (unpaired) electrons. The largest absolute Gasteiger partial charge is 0.370 e. The van der Waals surface area contributed by atoms with Gasteiger partial charge < -0.3 is 16.4 Å². The average Bonchev–Trinajstić information content (AvgIpc) is 2.57. The molecule has 23 heavy (non-hydrogen) atoms. The van der Waals surface area contributed by atoms with Crippen molar-refractivity contribution in [2.45, 2.75) is 51.0 Å². The Balaban J connectivity index is 1.57. The first kappa shape index (κ1) is 17.2. The molecule has 0 atom stereocenters. The molecular formula is C17H27N5O. The van der Waals surface area contributed by atoms with Crippen molar-refractivity contribution in [3.8, 4) is 0 Å². The highest BCUT2D eigenvalue weighted by Crippen LogP contribution is 2.17. The Hall–Kier alpha value is -2.11. The average molecular weight is 317 g/mol. The van der Waals surface area contributed by atoms with Gasteiger partial charge in [0.25, 0.3) is 0 Å². The number of nitrogens with zero attached hydrogens (tertiary/aromatic N) is 2. The van der Waals surface area contributed by atoms with Crippen LogP contribution >= 0.6 is 0 Å². The molecule has 1 aromatic heterocycles. The second kappa shape index (κ2) is 9.82. The van der Waals surface area contributed by atoms with Crippen molar-refractivity contribution < 1.29 is 4.79 Å². The van der Waals surface area contributed by atoms with Crippen molar-refractivity contribution in [3.05, 3.63) is 30.1 Å². The van der Waals surface area contributed by atoms with Gasteiger partial charge in [-0.25, -0.2) is 0 Å². The van der Waals surface area contributed by atoms with Crippen LogP contribution in [0.5, 0.6) is 0 Å².